The van der Waals surface area contributed by atoms with E-state index in [2.05, 4.69) is 0 Å². The number of hydrogen-bond donors (Lipinski definition) is 2. The number of halogens is 4. The largest absolute Gasteiger partial charge is 0.494 e. The highest BCUT2D eigenvalue weighted by molar-refractivity contribution is 5.86. The number of ether oxygens (including phenoxy) is 1. The van der Waals surface area contributed by atoms with Crippen LogP contribution in [0.1, 0.15) is 12.0 Å². The lowest BCUT2D eigenvalue weighted by molar-refractivity contribution is -0.175. The summed E-state index contributed by atoms with van der Waals surface area (Å²) >= 11 is 0. The smallest absolute Gasteiger partial charge is 0.471 e. The molecule has 0 saturated carbocycles. The molecule has 0 aliphatic carbocycles. The maximum atomic E-state index is 13.4. The Kier molecular flexibility index (Phi) is 5.72. The van der Waals surface area contributed by atoms with Gasteiger partial charge in [-0.3, -0.25) is 4.79 Å². The summed E-state index contributed by atoms with van der Waals surface area (Å²) in [5.41, 5.74) is 0.366. The number of nitrogens with one attached hydrogen (secondary N) is 1. The monoisotopic (exact) mass is 323 g/mol. The van der Waals surface area contributed by atoms with Crippen LogP contribution in [0.3, 0.4) is 0 Å². The summed E-state index contributed by atoms with van der Waals surface area (Å²) < 4.78 is 54.5. The van der Waals surface area contributed by atoms with Crippen molar-refractivity contribution in [3.8, 4) is 5.75 Å². The third kappa shape index (κ3) is 4.90. The van der Waals surface area contributed by atoms with E-state index >= 15 is 0 Å². The maximum absolute atomic E-state index is 13.4. The molecule has 0 bridgehead atoms. The minimum atomic E-state index is -5.17. The number of hydrogen-bond acceptors (Lipinski definition) is 3. The first-order chi connectivity index (χ1) is 10.1. The molecule has 0 radical (unpaired) electrons. The molecule has 9 heteroatoms. The molecule has 1 aromatic carbocycles. The average Bonchev–Trinajstić information content (AvgIpc) is 2.41. The minimum absolute atomic E-state index is 0.0103. The van der Waals surface area contributed by atoms with E-state index in [-0.39, 0.29) is 18.6 Å². The molecule has 0 aliphatic heterocycles. The third-order valence-electron chi connectivity index (χ3n) is 2.80. The highest BCUT2D eigenvalue weighted by Gasteiger charge is 2.40. The fourth-order valence-electron chi connectivity index (χ4n) is 1.67. The zero-order valence-electron chi connectivity index (χ0n) is 11.4. The Morgan fingerprint density at radius 3 is 2.45 bits per heavy atom. The lowest BCUT2D eigenvalue weighted by atomic mass is 10.0. The number of carboxylic acids is 1. The quantitative estimate of drug-likeness (QED) is 0.784. The van der Waals surface area contributed by atoms with Crippen LogP contribution in [-0.2, 0) is 16.0 Å². The number of methoxy groups -OCH3 is 1. The Bertz CT molecular complexity index is 559. The minimum Gasteiger partial charge on any atom is -0.494 e. The second kappa shape index (κ2) is 7.10. The molecule has 0 aromatic heterocycles. The number of alkyl halides is 3. The molecule has 1 amide bonds. The molecular weight excluding hydrogens is 310 g/mol. The molecular formula is C13H13F4NO4. The van der Waals surface area contributed by atoms with Crippen LogP contribution in [-0.4, -0.2) is 36.3 Å². The van der Waals surface area contributed by atoms with Crippen molar-refractivity contribution in [1.82, 2.24) is 5.32 Å². The van der Waals surface area contributed by atoms with E-state index < -0.39 is 29.9 Å². The van der Waals surface area contributed by atoms with Crippen molar-refractivity contribution in [2.24, 2.45) is 0 Å². The van der Waals surface area contributed by atoms with E-state index in [0.29, 0.717) is 5.56 Å². The van der Waals surface area contributed by atoms with E-state index in [0.717, 1.165) is 6.07 Å². The molecule has 0 aliphatic rings. The number of amides is 1. The van der Waals surface area contributed by atoms with Gasteiger partial charge < -0.3 is 15.2 Å². The number of carboxylic acid groups (broad SMARTS) is 1. The first-order valence-corrected chi connectivity index (χ1v) is 6.08. The van der Waals surface area contributed by atoms with Crippen LogP contribution in [0, 0.1) is 5.82 Å². The zero-order chi connectivity index (χ0) is 16.9. The Labute approximate surface area is 122 Å². The van der Waals surface area contributed by atoms with Crippen molar-refractivity contribution in [3.05, 3.63) is 29.6 Å². The van der Waals surface area contributed by atoms with Gasteiger partial charge in [0.1, 0.15) is 6.04 Å². The fraction of sp³-hybridized carbons (Fsp3) is 0.385. The van der Waals surface area contributed by atoms with Crippen molar-refractivity contribution < 1.29 is 37.0 Å². The number of carbonyl (C=O) groups is 2. The van der Waals surface area contributed by atoms with Gasteiger partial charge in [-0.1, -0.05) is 6.07 Å². The molecule has 0 spiro atoms. The summed E-state index contributed by atoms with van der Waals surface area (Å²) in [5, 5.41) is 10.2. The van der Waals surface area contributed by atoms with Crippen molar-refractivity contribution in [2.75, 3.05) is 7.11 Å². The first kappa shape index (κ1) is 17.7. The predicted molar refractivity (Wildman–Crippen MR) is 66.9 cm³/mol. The lowest BCUT2D eigenvalue weighted by Gasteiger charge is -2.15. The van der Waals surface area contributed by atoms with Crippen LogP contribution in [0.15, 0.2) is 18.2 Å². The van der Waals surface area contributed by atoms with Gasteiger partial charge in [-0.15, -0.1) is 0 Å². The van der Waals surface area contributed by atoms with Crippen LogP contribution in [0.5, 0.6) is 5.75 Å². The van der Waals surface area contributed by atoms with Gasteiger partial charge in [0, 0.05) is 0 Å². The molecule has 0 heterocycles. The van der Waals surface area contributed by atoms with Gasteiger partial charge in [-0.25, -0.2) is 9.18 Å². The molecule has 5 nitrogen and oxygen atoms in total. The highest BCUT2D eigenvalue weighted by Crippen LogP contribution is 2.19. The molecule has 122 valence electrons. The van der Waals surface area contributed by atoms with E-state index in [1.54, 1.807) is 0 Å². The van der Waals surface area contributed by atoms with Crippen molar-refractivity contribution in [2.45, 2.75) is 25.1 Å². The van der Waals surface area contributed by atoms with E-state index in [1.165, 1.54) is 24.6 Å². The molecule has 1 unspecified atom stereocenters. The SMILES string of the molecule is COc1ccc(CCC(NC(=O)C(F)(F)F)C(=O)O)cc1F. The third-order valence-corrected chi connectivity index (χ3v) is 2.80. The van der Waals surface area contributed by atoms with Crippen molar-refractivity contribution in [1.29, 1.82) is 0 Å². The average molecular weight is 323 g/mol. The van der Waals surface area contributed by atoms with Crippen LogP contribution in [0.25, 0.3) is 0 Å². The lowest BCUT2D eigenvalue weighted by Crippen LogP contribution is -2.47. The first-order valence-electron chi connectivity index (χ1n) is 6.08. The van der Waals surface area contributed by atoms with Gasteiger partial charge in [0.2, 0.25) is 0 Å². The predicted octanol–water partition coefficient (Wildman–Crippen LogP) is 1.90. The number of aryl methyl sites for hydroxylation is 1. The normalized spacial score (nSPS) is 12.6. The van der Waals surface area contributed by atoms with Crippen LogP contribution >= 0.6 is 0 Å². The summed E-state index contributed by atoms with van der Waals surface area (Å²) in [5.74, 6) is -4.62. The van der Waals surface area contributed by atoms with Crippen LogP contribution in [0.2, 0.25) is 0 Å². The van der Waals surface area contributed by atoms with Crippen LogP contribution < -0.4 is 10.1 Å². The number of carbonyl (C=O) groups excluding carboxylic acids is 1. The molecule has 1 atom stereocenters. The van der Waals surface area contributed by atoms with E-state index in [9.17, 15) is 27.2 Å². The van der Waals surface area contributed by atoms with E-state index in [4.69, 9.17) is 9.84 Å². The van der Waals surface area contributed by atoms with Crippen molar-refractivity contribution in [3.63, 3.8) is 0 Å². The molecule has 22 heavy (non-hydrogen) atoms. The van der Waals surface area contributed by atoms with Gasteiger partial charge in [0.15, 0.2) is 11.6 Å². The van der Waals surface area contributed by atoms with E-state index in [1.807, 2.05) is 0 Å². The Hall–Kier alpha value is -2.32. The Balaban J connectivity index is 2.71. The Morgan fingerprint density at radius 2 is 2.00 bits per heavy atom. The van der Waals surface area contributed by atoms with Gasteiger partial charge >= 0.3 is 18.1 Å². The molecule has 0 saturated heterocycles. The van der Waals surface area contributed by atoms with Crippen LogP contribution in [0.4, 0.5) is 17.6 Å². The maximum Gasteiger partial charge on any atom is 0.471 e. The summed E-state index contributed by atoms with van der Waals surface area (Å²) in [4.78, 5) is 21.6. The molecule has 0 fully saturated rings. The topological polar surface area (TPSA) is 75.6 Å². The van der Waals surface area contributed by atoms with Gasteiger partial charge in [0.05, 0.1) is 7.11 Å². The van der Waals surface area contributed by atoms with Gasteiger partial charge in [-0.2, -0.15) is 13.2 Å². The standard InChI is InChI=1S/C13H13F4NO4/c1-22-10-5-3-7(6-8(10)14)2-4-9(11(19)20)18-12(21)13(15,16)17/h3,5-6,9H,2,4H2,1H3,(H,18,21)(H,19,20). The highest BCUT2D eigenvalue weighted by atomic mass is 19.4. The zero-order valence-corrected chi connectivity index (χ0v) is 11.4. The summed E-state index contributed by atoms with van der Waals surface area (Å²) in [6, 6.07) is 2.13. The number of rotatable bonds is 6. The second-order valence-corrected chi connectivity index (χ2v) is 4.37. The molecule has 2 N–H and O–H groups in total. The Morgan fingerprint density at radius 1 is 1.36 bits per heavy atom. The van der Waals surface area contributed by atoms with Gasteiger partial charge in [-0.05, 0) is 30.5 Å². The summed E-state index contributed by atoms with van der Waals surface area (Å²) in [6.45, 7) is 0. The molecule has 1 aromatic rings. The summed E-state index contributed by atoms with van der Waals surface area (Å²) in [7, 11) is 1.27. The second-order valence-electron chi connectivity index (χ2n) is 4.37. The fourth-order valence-corrected chi connectivity index (χ4v) is 1.67. The van der Waals surface area contributed by atoms with Gasteiger partial charge in [0.25, 0.3) is 0 Å². The molecule has 1 rings (SSSR count). The number of aliphatic carboxylic acids is 1. The number of benzene rings is 1. The van der Waals surface area contributed by atoms with Crippen molar-refractivity contribution >= 4 is 11.9 Å². The summed E-state index contributed by atoms with van der Waals surface area (Å²) in [6.07, 6.45) is -5.52.